The van der Waals surface area contributed by atoms with Gasteiger partial charge in [0, 0.05) is 13.0 Å². The second-order valence-electron chi connectivity index (χ2n) is 2.56. The first-order chi connectivity index (χ1) is 5.70. The highest BCUT2D eigenvalue weighted by molar-refractivity contribution is 5.65. The summed E-state index contributed by atoms with van der Waals surface area (Å²) in [6, 6.07) is 1.63. The Bertz CT molecular complexity index is 243. The second kappa shape index (κ2) is 3.90. The van der Waals surface area contributed by atoms with Crippen LogP contribution in [0, 0.1) is 6.20 Å². The van der Waals surface area contributed by atoms with Crippen LogP contribution in [0.4, 0.5) is 0 Å². The molecule has 4 heteroatoms. The topological polar surface area (TPSA) is 52.3 Å². The molecule has 4 nitrogen and oxygen atoms in total. The summed E-state index contributed by atoms with van der Waals surface area (Å²) in [6.45, 7) is 3.58. The van der Waals surface area contributed by atoms with E-state index in [9.17, 15) is 4.79 Å². The van der Waals surface area contributed by atoms with Crippen LogP contribution in [0.2, 0.25) is 0 Å². The van der Waals surface area contributed by atoms with Crippen LogP contribution in [0.15, 0.2) is 10.6 Å². The van der Waals surface area contributed by atoms with Crippen molar-refractivity contribution in [3.8, 4) is 0 Å². The third kappa shape index (κ3) is 2.38. The first kappa shape index (κ1) is 8.77. The van der Waals surface area contributed by atoms with Crippen LogP contribution in [0.25, 0.3) is 0 Å². The van der Waals surface area contributed by atoms with Gasteiger partial charge in [-0.2, -0.15) is 0 Å². The number of ether oxygens (including phenoxy) is 1. The SMILES string of the molecule is CC(=O)OCC(C)c1c[c]no1. The van der Waals surface area contributed by atoms with Gasteiger partial charge in [0.2, 0.25) is 0 Å². The van der Waals surface area contributed by atoms with E-state index in [1.807, 2.05) is 6.92 Å². The van der Waals surface area contributed by atoms with E-state index in [1.54, 1.807) is 6.07 Å². The molecule has 0 aliphatic carbocycles. The van der Waals surface area contributed by atoms with Crippen molar-refractivity contribution in [3.63, 3.8) is 0 Å². The molecule has 0 aromatic carbocycles. The Hall–Kier alpha value is -1.32. The number of hydrogen-bond donors (Lipinski definition) is 0. The van der Waals surface area contributed by atoms with Gasteiger partial charge < -0.3 is 9.26 Å². The molecule has 0 saturated heterocycles. The molecular weight excluding hydrogens is 158 g/mol. The third-order valence-electron chi connectivity index (χ3n) is 1.43. The van der Waals surface area contributed by atoms with Crippen molar-refractivity contribution in [1.82, 2.24) is 5.16 Å². The standard InChI is InChI=1S/C8H10NO3/c1-6(5-11-7(2)10)8-3-4-9-12-8/h3,6H,5H2,1-2H3. The molecule has 0 N–H and O–H groups in total. The van der Waals surface area contributed by atoms with E-state index in [1.165, 1.54) is 6.92 Å². The molecule has 0 fully saturated rings. The zero-order valence-corrected chi connectivity index (χ0v) is 7.03. The number of carbonyl (C=O) groups is 1. The third-order valence-corrected chi connectivity index (χ3v) is 1.43. The molecule has 1 heterocycles. The Balaban J connectivity index is 2.39. The second-order valence-corrected chi connectivity index (χ2v) is 2.56. The average molecular weight is 168 g/mol. The summed E-state index contributed by atoms with van der Waals surface area (Å²) in [7, 11) is 0. The fraction of sp³-hybridized carbons (Fsp3) is 0.500. The quantitative estimate of drug-likeness (QED) is 0.635. The predicted octanol–water partition coefficient (Wildman–Crippen LogP) is 1.14. The van der Waals surface area contributed by atoms with E-state index < -0.39 is 0 Å². The average Bonchev–Trinajstić information content (AvgIpc) is 2.51. The Labute approximate surface area is 70.5 Å². The molecular formula is C8H10NO3. The largest absolute Gasteiger partial charge is 0.465 e. The summed E-state index contributed by atoms with van der Waals surface area (Å²) in [5.41, 5.74) is 0. The highest BCUT2D eigenvalue weighted by Crippen LogP contribution is 2.13. The summed E-state index contributed by atoms with van der Waals surface area (Å²) in [4.78, 5) is 10.4. The Kier molecular flexibility index (Phi) is 2.85. The van der Waals surface area contributed by atoms with Gasteiger partial charge in [-0.25, -0.2) is 0 Å². The summed E-state index contributed by atoms with van der Waals surface area (Å²) in [6.07, 6.45) is 2.54. The number of carbonyl (C=O) groups excluding carboxylic acids is 1. The predicted molar refractivity (Wildman–Crippen MR) is 40.4 cm³/mol. The van der Waals surface area contributed by atoms with Gasteiger partial charge in [0.15, 0.2) is 0 Å². The van der Waals surface area contributed by atoms with Crippen LogP contribution in [0.5, 0.6) is 0 Å². The molecule has 0 amide bonds. The van der Waals surface area contributed by atoms with Gasteiger partial charge in [-0.15, -0.1) is 0 Å². The summed E-state index contributed by atoms with van der Waals surface area (Å²) < 4.78 is 9.62. The molecule has 1 aromatic heterocycles. The lowest BCUT2D eigenvalue weighted by Gasteiger charge is -2.06. The zero-order valence-electron chi connectivity index (χ0n) is 7.03. The molecule has 1 rings (SSSR count). The van der Waals surface area contributed by atoms with Crippen molar-refractivity contribution < 1.29 is 14.1 Å². The lowest BCUT2D eigenvalue weighted by molar-refractivity contribution is -0.141. The smallest absolute Gasteiger partial charge is 0.302 e. The molecule has 0 spiro atoms. The van der Waals surface area contributed by atoms with Crippen LogP contribution in [0.1, 0.15) is 25.5 Å². The van der Waals surface area contributed by atoms with E-state index in [0.717, 1.165) is 0 Å². The van der Waals surface area contributed by atoms with E-state index >= 15 is 0 Å². The number of nitrogens with zero attached hydrogens (tertiary/aromatic N) is 1. The molecule has 0 bridgehead atoms. The highest BCUT2D eigenvalue weighted by atomic mass is 16.5. The molecule has 12 heavy (non-hydrogen) atoms. The van der Waals surface area contributed by atoms with Crippen LogP contribution in [-0.4, -0.2) is 17.7 Å². The van der Waals surface area contributed by atoms with Crippen molar-refractivity contribution in [3.05, 3.63) is 18.0 Å². The maximum Gasteiger partial charge on any atom is 0.302 e. The van der Waals surface area contributed by atoms with Gasteiger partial charge in [0.1, 0.15) is 18.6 Å². The Morgan fingerprint density at radius 3 is 3.17 bits per heavy atom. The monoisotopic (exact) mass is 168 g/mol. The van der Waals surface area contributed by atoms with Crippen molar-refractivity contribution in [1.29, 1.82) is 0 Å². The Morgan fingerprint density at radius 1 is 1.92 bits per heavy atom. The van der Waals surface area contributed by atoms with Crippen molar-refractivity contribution in [2.75, 3.05) is 6.61 Å². The molecule has 1 aromatic rings. The molecule has 65 valence electrons. The molecule has 0 aliphatic heterocycles. The number of aromatic nitrogens is 1. The molecule has 0 aliphatic rings. The van der Waals surface area contributed by atoms with Gasteiger partial charge in [0.25, 0.3) is 0 Å². The lowest BCUT2D eigenvalue weighted by Crippen LogP contribution is -2.07. The van der Waals surface area contributed by atoms with E-state index in [-0.39, 0.29) is 11.9 Å². The number of rotatable bonds is 3. The first-order valence-corrected chi connectivity index (χ1v) is 3.66. The highest BCUT2D eigenvalue weighted by Gasteiger charge is 2.10. The van der Waals surface area contributed by atoms with Crippen LogP contribution in [-0.2, 0) is 9.53 Å². The van der Waals surface area contributed by atoms with Crippen molar-refractivity contribution in [2.24, 2.45) is 0 Å². The normalized spacial score (nSPS) is 12.5. The van der Waals surface area contributed by atoms with E-state index in [2.05, 4.69) is 11.4 Å². The first-order valence-electron chi connectivity index (χ1n) is 3.66. The summed E-state index contributed by atoms with van der Waals surface area (Å²) >= 11 is 0. The van der Waals surface area contributed by atoms with Gasteiger partial charge >= 0.3 is 5.97 Å². The minimum absolute atomic E-state index is 0.0349. The van der Waals surface area contributed by atoms with Gasteiger partial charge in [-0.3, -0.25) is 4.79 Å². The fourth-order valence-corrected chi connectivity index (χ4v) is 0.752. The molecule has 1 radical (unpaired) electrons. The van der Waals surface area contributed by atoms with Crippen LogP contribution >= 0.6 is 0 Å². The van der Waals surface area contributed by atoms with Crippen molar-refractivity contribution in [2.45, 2.75) is 19.8 Å². The van der Waals surface area contributed by atoms with Crippen molar-refractivity contribution >= 4 is 5.97 Å². The minimum atomic E-state index is -0.287. The fourth-order valence-electron chi connectivity index (χ4n) is 0.752. The maximum absolute atomic E-state index is 10.4. The lowest BCUT2D eigenvalue weighted by atomic mass is 10.1. The van der Waals surface area contributed by atoms with Gasteiger partial charge in [-0.1, -0.05) is 12.1 Å². The van der Waals surface area contributed by atoms with Crippen LogP contribution < -0.4 is 0 Å². The zero-order chi connectivity index (χ0) is 8.97. The molecule has 0 saturated carbocycles. The number of hydrogen-bond acceptors (Lipinski definition) is 4. The molecule has 1 atom stereocenters. The number of esters is 1. The van der Waals surface area contributed by atoms with Crippen LogP contribution in [0.3, 0.4) is 0 Å². The van der Waals surface area contributed by atoms with Gasteiger partial charge in [0.05, 0.1) is 5.92 Å². The maximum atomic E-state index is 10.4. The molecule has 1 unspecified atom stereocenters. The summed E-state index contributed by atoms with van der Waals surface area (Å²) in [5.74, 6) is 0.425. The summed E-state index contributed by atoms with van der Waals surface area (Å²) in [5, 5.41) is 3.43. The van der Waals surface area contributed by atoms with Gasteiger partial charge in [-0.05, 0) is 0 Å². The minimum Gasteiger partial charge on any atom is -0.465 e. The Morgan fingerprint density at radius 2 is 2.67 bits per heavy atom. The van der Waals surface area contributed by atoms with E-state index in [4.69, 9.17) is 9.26 Å². The van der Waals surface area contributed by atoms with E-state index in [0.29, 0.717) is 12.4 Å².